The summed E-state index contributed by atoms with van der Waals surface area (Å²) in [7, 11) is -9.93. The summed E-state index contributed by atoms with van der Waals surface area (Å²) in [6.45, 7) is 9.77. The molecule has 648 valence electrons. The van der Waals surface area contributed by atoms with Crippen molar-refractivity contribution in [2.24, 2.45) is 11.8 Å². The molecule has 0 radical (unpaired) electrons. The molecule has 2 unspecified atom stereocenters. The van der Waals surface area contributed by atoms with E-state index in [1.807, 2.05) is 0 Å². The maximum absolute atomic E-state index is 13.2. The van der Waals surface area contributed by atoms with Gasteiger partial charge < -0.3 is 33.8 Å². The van der Waals surface area contributed by atoms with Gasteiger partial charge in [0.1, 0.15) is 19.3 Å². The summed E-state index contributed by atoms with van der Waals surface area (Å²) in [5, 5.41) is 10.7. The second-order valence-corrected chi connectivity index (χ2v) is 36.2. The molecule has 19 heteroatoms. The van der Waals surface area contributed by atoms with Crippen LogP contribution in [0.5, 0.6) is 0 Å². The van der Waals surface area contributed by atoms with Crippen LogP contribution in [0.3, 0.4) is 0 Å². The predicted octanol–water partition coefficient (Wildman–Crippen LogP) is 27.8. The number of phosphoric ester groups is 2. The summed E-state index contributed by atoms with van der Waals surface area (Å²) < 4.78 is 69.1. The summed E-state index contributed by atoms with van der Waals surface area (Å²) in [5.74, 6) is -0.473. The first-order valence-electron chi connectivity index (χ1n) is 46.5. The molecule has 0 bridgehead atoms. The van der Waals surface area contributed by atoms with Crippen molar-refractivity contribution in [1.82, 2.24) is 0 Å². The van der Waals surface area contributed by atoms with Gasteiger partial charge in [-0.1, -0.05) is 433 Å². The van der Waals surface area contributed by atoms with Crippen LogP contribution < -0.4 is 0 Å². The number of aliphatic hydroxyl groups is 1. The Hall–Kier alpha value is -1.94. The Morgan fingerprint density at radius 1 is 0.248 bits per heavy atom. The first kappa shape index (κ1) is 107. The lowest BCUT2D eigenvalue weighted by molar-refractivity contribution is -0.161. The van der Waals surface area contributed by atoms with Gasteiger partial charge in [0, 0.05) is 25.7 Å². The number of hydrogen-bond donors (Lipinski definition) is 3. The van der Waals surface area contributed by atoms with E-state index in [4.69, 9.17) is 37.0 Å². The van der Waals surface area contributed by atoms with Gasteiger partial charge in [0.25, 0.3) is 0 Å². The molecule has 0 aliphatic carbocycles. The molecular weight excluding hydrogens is 1410 g/mol. The minimum absolute atomic E-state index is 0.109. The smallest absolute Gasteiger partial charge is 0.462 e. The molecule has 0 aliphatic rings. The molecule has 0 heterocycles. The zero-order valence-corrected chi connectivity index (χ0v) is 73.7. The van der Waals surface area contributed by atoms with E-state index in [2.05, 4.69) is 41.5 Å². The molecule has 0 aliphatic heterocycles. The molecule has 0 saturated carbocycles. The highest BCUT2D eigenvalue weighted by Crippen LogP contribution is 2.45. The van der Waals surface area contributed by atoms with Crippen LogP contribution in [-0.4, -0.2) is 96.7 Å². The van der Waals surface area contributed by atoms with Crippen molar-refractivity contribution < 1.29 is 80.2 Å². The van der Waals surface area contributed by atoms with Gasteiger partial charge in [-0.05, 0) is 37.5 Å². The van der Waals surface area contributed by atoms with Crippen LogP contribution in [-0.2, 0) is 65.4 Å². The van der Waals surface area contributed by atoms with Gasteiger partial charge in [-0.2, -0.15) is 0 Å². The van der Waals surface area contributed by atoms with Crippen LogP contribution in [0, 0.1) is 11.8 Å². The quantitative estimate of drug-likeness (QED) is 0.0222. The van der Waals surface area contributed by atoms with Gasteiger partial charge in [0.2, 0.25) is 0 Å². The molecule has 0 aromatic rings. The van der Waals surface area contributed by atoms with Crippen LogP contribution in [0.4, 0.5) is 0 Å². The molecule has 0 amide bonds. The van der Waals surface area contributed by atoms with E-state index in [-0.39, 0.29) is 25.7 Å². The van der Waals surface area contributed by atoms with Gasteiger partial charge in [-0.15, -0.1) is 0 Å². The van der Waals surface area contributed by atoms with E-state index in [9.17, 15) is 43.2 Å². The third-order valence-electron chi connectivity index (χ3n) is 21.2. The highest BCUT2D eigenvalue weighted by Gasteiger charge is 2.31. The van der Waals surface area contributed by atoms with E-state index in [1.54, 1.807) is 0 Å². The minimum atomic E-state index is -4.97. The summed E-state index contributed by atoms with van der Waals surface area (Å²) in [4.78, 5) is 73.4. The summed E-state index contributed by atoms with van der Waals surface area (Å²) >= 11 is 0. The average Bonchev–Trinajstić information content (AvgIpc) is 0.901. The van der Waals surface area contributed by atoms with E-state index in [0.29, 0.717) is 25.7 Å². The van der Waals surface area contributed by atoms with Gasteiger partial charge in [-0.3, -0.25) is 37.3 Å². The molecule has 109 heavy (non-hydrogen) atoms. The van der Waals surface area contributed by atoms with Crippen LogP contribution in [0.2, 0.25) is 0 Å². The number of rotatable bonds is 89. The van der Waals surface area contributed by atoms with E-state index >= 15 is 0 Å². The van der Waals surface area contributed by atoms with Crippen molar-refractivity contribution in [3.8, 4) is 0 Å². The standard InChI is InChI=1S/C90H176O17P2/c1-7-9-11-13-15-17-19-21-22-23-24-25-33-38-44-50-56-62-68-74-89(94)106-85(78-100-87(92)72-66-60-54-48-42-20-18-16-14-12-10-8-2)80-104-108(96,97)102-76-84(91)77-103-109(98,99)105-81-86(107-90(95)75-69-63-57-51-45-39-34-29-27-31-36-41-47-53-59-65-71-83(5)6)79-101-88(93)73-67-61-55-49-43-37-32-28-26-30-35-40-46-52-58-64-70-82(3)4/h82-86,91H,7-81H2,1-6H3,(H,96,97)(H,98,99)/t84-,85+,86+/m0/s1. The molecule has 0 aromatic carbocycles. The van der Waals surface area contributed by atoms with Crippen molar-refractivity contribution in [3.63, 3.8) is 0 Å². The zero-order chi connectivity index (χ0) is 79.9. The molecule has 0 aromatic heterocycles. The fourth-order valence-corrected chi connectivity index (χ4v) is 15.7. The van der Waals surface area contributed by atoms with Crippen LogP contribution in [0.1, 0.15) is 485 Å². The molecule has 3 N–H and O–H groups in total. The normalized spacial score (nSPS) is 13.8. The van der Waals surface area contributed by atoms with Gasteiger partial charge in [0.05, 0.1) is 26.4 Å². The lowest BCUT2D eigenvalue weighted by Gasteiger charge is -2.21. The lowest BCUT2D eigenvalue weighted by Crippen LogP contribution is -2.30. The van der Waals surface area contributed by atoms with Crippen molar-refractivity contribution >= 4 is 39.5 Å². The first-order valence-corrected chi connectivity index (χ1v) is 49.5. The van der Waals surface area contributed by atoms with E-state index in [0.717, 1.165) is 102 Å². The van der Waals surface area contributed by atoms with Crippen molar-refractivity contribution in [1.29, 1.82) is 0 Å². The lowest BCUT2D eigenvalue weighted by atomic mass is 10.0. The number of unbranched alkanes of at least 4 members (excludes halogenated alkanes) is 59. The Balaban J connectivity index is 5.25. The Bertz CT molecular complexity index is 2080. The van der Waals surface area contributed by atoms with E-state index < -0.39 is 97.5 Å². The third-order valence-corrected chi connectivity index (χ3v) is 23.1. The van der Waals surface area contributed by atoms with Crippen LogP contribution in [0.15, 0.2) is 0 Å². The van der Waals surface area contributed by atoms with Gasteiger partial charge in [0.15, 0.2) is 12.2 Å². The zero-order valence-electron chi connectivity index (χ0n) is 71.9. The summed E-state index contributed by atoms with van der Waals surface area (Å²) in [6.07, 6.45) is 74.9. The largest absolute Gasteiger partial charge is 0.472 e. The average molecular weight is 1590 g/mol. The fraction of sp³-hybridized carbons (Fsp3) is 0.956. The van der Waals surface area contributed by atoms with Crippen molar-refractivity contribution in [3.05, 3.63) is 0 Å². The highest BCUT2D eigenvalue weighted by molar-refractivity contribution is 7.47. The van der Waals surface area contributed by atoms with Crippen molar-refractivity contribution in [2.45, 2.75) is 503 Å². The van der Waals surface area contributed by atoms with Crippen LogP contribution in [0.25, 0.3) is 0 Å². The van der Waals surface area contributed by atoms with Crippen molar-refractivity contribution in [2.75, 3.05) is 39.6 Å². The topological polar surface area (TPSA) is 237 Å². The number of esters is 4. The SMILES string of the molecule is CCCCCCCCCCCCCCCCCCCCCC(=O)O[C@H](COC(=O)CCCCCCCCCCCCCC)COP(=O)(O)OC[C@H](O)COP(=O)(O)OC[C@@H](COC(=O)CCCCCCCCCCCCCCCCCCC(C)C)OC(=O)CCCCCCCCCCCCCCCCCCC(C)C. The number of phosphoric acid groups is 2. The molecule has 5 atom stereocenters. The fourth-order valence-electron chi connectivity index (χ4n) is 14.1. The maximum Gasteiger partial charge on any atom is 0.472 e. The Morgan fingerprint density at radius 3 is 0.624 bits per heavy atom. The summed E-state index contributed by atoms with van der Waals surface area (Å²) in [6, 6.07) is 0. The molecule has 17 nitrogen and oxygen atoms in total. The van der Waals surface area contributed by atoms with E-state index in [1.165, 1.54) is 302 Å². The van der Waals surface area contributed by atoms with Crippen LogP contribution >= 0.6 is 15.6 Å². The Kier molecular flexibility index (Phi) is 79.8. The molecule has 0 fully saturated rings. The number of ether oxygens (including phenoxy) is 4. The highest BCUT2D eigenvalue weighted by atomic mass is 31.2. The maximum atomic E-state index is 13.2. The Labute approximate surface area is 670 Å². The molecule has 0 saturated heterocycles. The number of aliphatic hydroxyl groups excluding tert-OH is 1. The molecular formula is C90H176O17P2. The second kappa shape index (κ2) is 81.2. The predicted molar refractivity (Wildman–Crippen MR) is 451 cm³/mol. The van der Waals surface area contributed by atoms with Gasteiger partial charge >= 0.3 is 39.5 Å². The minimum Gasteiger partial charge on any atom is -0.462 e. The first-order chi connectivity index (χ1) is 52.9. The molecule has 0 spiro atoms. The Morgan fingerprint density at radius 2 is 0.422 bits per heavy atom. The van der Waals surface area contributed by atoms with Gasteiger partial charge in [-0.25, -0.2) is 9.13 Å². The second-order valence-electron chi connectivity index (χ2n) is 33.3. The number of carbonyl (C=O) groups is 4. The summed E-state index contributed by atoms with van der Waals surface area (Å²) in [5.41, 5.74) is 0. The number of carbonyl (C=O) groups excluding carboxylic acids is 4. The molecule has 0 rings (SSSR count). The number of hydrogen-bond acceptors (Lipinski definition) is 15. The third kappa shape index (κ3) is 83.8. The monoisotopic (exact) mass is 1590 g/mol.